The first-order valence-electron chi connectivity index (χ1n) is 6.43. The quantitative estimate of drug-likeness (QED) is 0.708. The second-order valence-electron chi connectivity index (χ2n) is 4.67. The number of nitrogen functional groups attached to an aromatic ring is 1. The highest BCUT2D eigenvalue weighted by Crippen LogP contribution is 2.32. The van der Waals surface area contributed by atoms with Gasteiger partial charge in [0.2, 0.25) is 0 Å². The van der Waals surface area contributed by atoms with Gasteiger partial charge in [-0.05, 0) is 41.1 Å². The monoisotopic (exact) mass is 295 g/mol. The molecule has 3 N–H and O–H groups in total. The number of carboxylic acids is 1. The summed E-state index contributed by atoms with van der Waals surface area (Å²) in [4.78, 5) is 13.0. The Hall–Kier alpha value is -2.46. The molecule has 0 saturated carbocycles. The second kappa shape index (κ2) is 5.50. The SMILES string of the molecule is Nc1cc(Sc2ccc3ccccc3c2)ccc1C(=O)O. The van der Waals surface area contributed by atoms with E-state index in [2.05, 4.69) is 24.3 Å². The number of carboxylic acid groups (broad SMARTS) is 1. The molecule has 104 valence electrons. The predicted octanol–water partition coefficient (Wildman–Crippen LogP) is 4.27. The predicted molar refractivity (Wildman–Crippen MR) is 85.9 cm³/mol. The smallest absolute Gasteiger partial charge is 0.337 e. The van der Waals surface area contributed by atoms with E-state index in [1.807, 2.05) is 18.2 Å². The van der Waals surface area contributed by atoms with E-state index < -0.39 is 5.97 Å². The normalized spacial score (nSPS) is 10.7. The highest BCUT2D eigenvalue weighted by molar-refractivity contribution is 7.99. The molecule has 0 fully saturated rings. The first-order chi connectivity index (χ1) is 10.1. The molecule has 3 aromatic carbocycles. The Morgan fingerprint density at radius 1 is 0.905 bits per heavy atom. The van der Waals surface area contributed by atoms with Crippen molar-refractivity contribution in [2.24, 2.45) is 0 Å². The summed E-state index contributed by atoms with van der Waals surface area (Å²) < 4.78 is 0. The maximum Gasteiger partial charge on any atom is 0.337 e. The number of fused-ring (bicyclic) bond motifs is 1. The maximum absolute atomic E-state index is 11.0. The van der Waals surface area contributed by atoms with Crippen LogP contribution >= 0.6 is 11.8 Å². The Bertz CT molecular complexity index is 830. The Balaban J connectivity index is 1.91. The highest BCUT2D eigenvalue weighted by atomic mass is 32.2. The van der Waals surface area contributed by atoms with E-state index in [0.29, 0.717) is 0 Å². The summed E-state index contributed by atoms with van der Waals surface area (Å²) in [6, 6.07) is 19.4. The number of nitrogens with two attached hydrogens (primary N) is 1. The van der Waals surface area contributed by atoms with Crippen molar-refractivity contribution >= 4 is 34.2 Å². The minimum atomic E-state index is -1.00. The molecule has 0 radical (unpaired) electrons. The van der Waals surface area contributed by atoms with Crippen molar-refractivity contribution < 1.29 is 9.90 Å². The number of anilines is 1. The molecule has 0 saturated heterocycles. The van der Waals surface area contributed by atoms with E-state index >= 15 is 0 Å². The number of hydrogen-bond acceptors (Lipinski definition) is 3. The molecule has 0 bridgehead atoms. The number of aromatic carboxylic acids is 1. The average Bonchev–Trinajstić information content (AvgIpc) is 2.47. The summed E-state index contributed by atoms with van der Waals surface area (Å²) in [7, 11) is 0. The van der Waals surface area contributed by atoms with Crippen LogP contribution in [-0.2, 0) is 0 Å². The van der Waals surface area contributed by atoms with Crippen LogP contribution in [-0.4, -0.2) is 11.1 Å². The molecule has 0 spiro atoms. The molecule has 0 atom stereocenters. The van der Waals surface area contributed by atoms with E-state index in [4.69, 9.17) is 10.8 Å². The molecule has 3 rings (SSSR count). The Morgan fingerprint density at radius 2 is 1.57 bits per heavy atom. The van der Waals surface area contributed by atoms with E-state index in [-0.39, 0.29) is 11.3 Å². The summed E-state index contributed by atoms with van der Waals surface area (Å²) in [5, 5.41) is 11.4. The van der Waals surface area contributed by atoms with E-state index in [1.165, 1.54) is 10.8 Å². The average molecular weight is 295 g/mol. The summed E-state index contributed by atoms with van der Waals surface area (Å²) in [6.07, 6.45) is 0. The Kier molecular flexibility index (Phi) is 3.54. The van der Waals surface area contributed by atoms with Gasteiger partial charge in [-0.2, -0.15) is 0 Å². The molecule has 3 aromatic rings. The van der Waals surface area contributed by atoms with Crippen LogP contribution in [0.3, 0.4) is 0 Å². The first kappa shape index (κ1) is 13.5. The summed E-state index contributed by atoms with van der Waals surface area (Å²) in [5.74, 6) is -1.00. The van der Waals surface area contributed by atoms with Gasteiger partial charge in [-0.25, -0.2) is 4.79 Å². The van der Waals surface area contributed by atoms with Crippen molar-refractivity contribution in [3.8, 4) is 0 Å². The molecular formula is C17H13NO2S. The minimum absolute atomic E-state index is 0.137. The maximum atomic E-state index is 11.0. The molecule has 0 aromatic heterocycles. The van der Waals surface area contributed by atoms with Gasteiger partial charge in [-0.3, -0.25) is 0 Å². The van der Waals surface area contributed by atoms with Crippen LogP contribution < -0.4 is 5.73 Å². The summed E-state index contributed by atoms with van der Waals surface area (Å²) in [6.45, 7) is 0. The van der Waals surface area contributed by atoms with Gasteiger partial charge in [-0.15, -0.1) is 0 Å². The minimum Gasteiger partial charge on any atom is -0.478 e. The van der Waals surface area contributed by atoms with Crippen molar-refractivity contribution in [1.29, 1.82) is 0 Å². The number of hydrogen-bond donors (Lipinski definition) is 2. The molecule has 0 aliphatic carbocycles. The van der Waals surface area contributed by atoms with Gasteiger partial charge < -0.3 is 10.8 Å². The topological polar surface area (TPSA) is 63.3 Å². The van der Waals surface area contributed by atoms with Crippen LogP contribution in [0.1, 0.15) is 10.4 Å². The van der Waals surface area contributed by atoms with Gasteiger partial charge in [-0.1, -0.05) is 42.1 Å². The van der Waals surface area contributed by atoms with Gasteiger partial charge >= 0.3 is 5.97 Å². The lowest BCUT2D eigenvalue weighted by Crippen LogP contribution is -2.01. The lowest BCUT2D eigenvalue weighted by Gasteiger charge is -2.06. The number of benzene rings is 3. The zero-order valence-electron chi connectivity index (χ0n) is 11.1. The van der Waals surface area contributed by atoms with Gasteiger partial charge in [0.15, 0.2) is 0 Å². The van der Waals surface area contributed by atoms with Crippen molar-refractivity contribution in [2.45, 2.75) is 9.79 Å². The van der Waals surface area contributed by atoms with Gasteiger partial charge in [0.05, 0.1) is 5.56 Å². The lowest BCUT2D eigenvalue weighted by atomic mass is 10.1. The van der Waals surface area contributed by atoms with Crippen molar-refractivity contribution in [1.82, 2.24) is 0 Å². The molecule has 3 nitrogen and oxygen atoms in total. The van der Waals surface area contributed by atoms with Crippen LogP contribution in [0.4, 0.5) is 5.69 Å². The van der Waals surface area contributed by atoms with Gasteiger partial charge in [0.1, 0.15) is 0 Å². The van der Waals surface area contributed by atoms with E-state index in [1.54, 1.807) is 30.0 Å². The molecule has 21 heavy (non-hydrogen) atoms. The summed E-state index contributed by atoms with van der Waals surface area (Å²) in [5.41, 5.74) is 6.19. The molecule has 0 aliphatic rings. The van der Waals surface area contributed by atoms with Crippen LogP contribution in [0, 0.1) is 0 Å². The standard InChI is InChI=1S/C17H13NO2S/c18-16-10-14(7-8-15(16)17(19)20)21-13-6-5-11-3-1-2-4-12(11)9-13/h1-10H,18H2,(H,19,20). The third-order valence-electron chi connectivity index (χ3n) is 3.21. The molecule has 0 aliphatic heterocycles. The number of rotatable bonds is 3. The molecule has 0 heterocycles. The van der Waals surface area contributed by atoms with Gasteiger partial charge in [0, 0.05) is 15.5 Å². The first-order valence-corrected chi connectivity index (χ1v) is 7.24. The van der Waals surface area contributed by atoms with Crippen LogP contribution in [0.15, 0.2) is 70.5 Å². The van der Waals surface area contributed by atoms with Crippen molar-refractivity contribution in [3.63, 3.8) is 0 Å². The Morgan fingerprint density at radius 3 is 2.29 bits per heavy atom. The molecule has 0 amide bonds. The van der Waals surface area contributed by atoms with Gasteiger partial charge in [0.25, 0.3) is 0 Å². The largest absolute Gasteiger partial charge is 0.478 e. The van der Waals surface area contributed by atoms with Crippen LogP contribution in [0.25, 0.3) is 10.8 Å². The van der Waals surface area contributed by atoms with Crippen LogP contribution in [0.5, 0.6) is 0 Å². The highest BCUT2D eigenvalue weighted by Gasteiger charge is 2.08. The zero-order chi connectivity index (χ0) is 14.8. The second-order valence-corrected chi connectivity index (χ2v) is 5.81. The summed E-state index contributed by atoms with van der Waals surface area (Å²) >= 11 is 1.56. The third-order valence-corrected chi connectivity index (χ3v) is 4.19. The molecule has 4 heteroatoms. The van der Waals surface area contributed by atoms with Crippen molar-refractivity contribution in [3.05, 3.63) is 66.2 Å². The molecule has 0 unspecified atom stereocenters. The van der Waals surface area contributed by atoms with E-state index in [0.717, 1.165) is 9.79 Å². The van der Waals surface area contributed by atoms with E-state index in [9.17, 15) is 4.79 Å². The fraction of sp³-hybridized carbons (Fsp3) is 0. The van der Waals surface area contributed by atoms with Crippen molar-refractivity contribution in [2.75, 3.05) is 5.73 Å². The fourth-order valence-electron chi connectivity index (χ4n) is 2.17. The third kappa shape index (κ3) is 2.85. The fourth-order valence-corrected chi connectivity index (χ4v) is 3.08. The lowest BCUT2D eigenvalue weighted by molar-refractivity contribution is 0.0698. The van der Waals surface area contributed by atoms with Crippen LogP contribution in [0.2, 0.25) is 0 Å². The molecular weight excluding hydrogens is 282 g/mol. The number of carbonyl (C=O) groups is 1. The zero-order valence-corrected chi connectivity index (χ0v) is 11.9. The Labute approximate surface area is 126 Å².